The molecule has 16 heavy (non-hydrogen) atoms. The summed E-state index contributed by atoms with van der Waals surface area (Å²) in [4.78, 5) is 13.2. The van der Waals surface area contributed by atoms with Crippen molar-refractivity contribution in [1.29, 1.82) is 0 Å². The summed E-state index contributed by atoms with van der Waals surface area (Å²) in [6, 6.07) is 9.39. The number of hydrogen-bond donors (Lipinski definition) is 2. The third-order valence-electron chi connectivity index (χ3n) is 2.85. The van der Waals surface area contributed by atoms with Gasteiger partial charge >= 0.3 is 0 Å². The topological polar surface area (TPSA) is 52.6 Å². The van der Waals surface area contributed by atoms with E-state index in [1.165, 1.54) is 0 Å². The van der Waals surface area contributed by atoms with Crippen LogP contribution in [0.4, 0.5) is 0 Å². The maximum absolute atomic E-state index is 11.2. The van der Waals surface area contributed by atoms with Crippen LogP contribution < -0.4 is 5.32 Å². The molecule has 1 aliphatic rings. The van der Waals surface area contributed by atoms with Crippen LogP contribution in [0.2, 0.25) is 0 Å². The summed E-state index contributed by atoms with van der Waals surface area (Å²) in [7, 11) is 0. The first-order chi connectivity index (χ1) is 7.81. The Balaban J connectivity index is 2.13. The van der Waals surface area contributed by atoms with Crippen LogP contribution in [0.3, 0.4) is 0 Å². The van der Waals surface area contributed by atoms with Crippen molar-refractivity contribution in [3.05, 3.63) is 35.9 Å². The standard InChI is InChI=1S/C12H16N2O2/c15-9-11(10-4-2-1-3-5-10)14-7-6-13-12(16)8-14/h1-5,9,11-13,16H,6-8H2. The summed E-state index contributed by atoms with van der Waals surface area (Å²) in [6.45, 7) is 1.96. The number of piperazine rings is 1. The summed E-state index contributed by atoms with van der Waals surface area (Å²) < 4.78 is 0. The number of aliphatic hydroxyl groups is 1. The van der Waals surface area contributed by atoms with Crippen LogP contribution in [-0.2, 0) is 4.79 Å². The van der Waals surface area contributed by atoms with Crippen molar-refractivity contribution in [2.75, 3.05) is 19.6 Å². The number of aldehydes is 1. The lowest BCUT2D eigenvalue weighted by molar-refractivity contribution is -0.113. The Hall–Kier alpha value is -1.23. The predicted octanol–water partition coefficient (Wildman–Crippen LogP) is 0.150. The fourth-order valence-electron chi connectivity index (χ4n) is 2.03. The maximum atomic E-state index is 11.2. The number of benzene rings is 1. The van der Waals surface area contributed by atoms with Gasteiger partial charge in [0.2, 0.25) is 0 Å². The molecule has 0 saturated carbocycles. The van der Waals surface area contributed by atoms with E-state index in [0.717, 1.165) is 18.4 Å². The highest BCUT2D eigenvalue weighted by molar-refractivity contribution is 5.61. The zero-order chi connectivity index (χ0) is 11.4. The lowest BCUT2D eigenvalue weighted by atomic mass is 10.1. The molecule has 0 bridgehead atoms. The molecule has 2 rings (SSSR count). The van der Waals surface area contributed by atoms with Gasteiger partial charge in [-0.15, -0.1) is 0 Å². The van der Waals surface area contributed by atoms with Crippen LogP contribution >= 0.6 is 0 Å². The number of carbonyl (C=O) groups is 1. The van der Waals surface area contributed by atoms with E-state index < -0.39 is 6.23 Å². The Labute approximate surface area is 94.9 Å². The zero-order valence-corrected chi connectivity index (χ0v) is 9.04. The summed E-state index contributed by atoms with van der Waals surface area (Å²) in [6.07, 6.45) is 0.396. The molecule has 0 radical (unpaired) electrons. The number of carbonyl (C=O) groups excluding carboxylic acids is 1. The summed E-state index contributed by atoms with van der Waals surface area (Å²) >= 11 is 0. The first-order valence-corrected chi connectivity index (χ1v) is 5.47. The number of hydrogen-bond acceptors (Lipinski definition) is 4. The molecule has 0 aliphatic carbocycles. The van der Waals surface area contributed by atoms with Crippen LogP contribution in [0.15, 0.2) is 30.3 Å². The normalized spacial score (nSPS) is 23.9. The van der Waals surface area contributed by atoms with E-state index in [2.05, 4.69) is 5.32 Å². The van der Waals surface area contributed by atoms with Crippen molar-refractivity contribution in [2.24, 2.45) is 0 Å². The molecule has 1 aromatic carbocycles. The molecule has 2 N–H and O–H groups in total. The molecule has 4 heteroatoms. The van der Waals surface area contributed by atoms with Crippen LogP contribution in [0, 0.1) is 0 Å². The van der Waals surface area contributed by atoms with E-state index in [-0.39, 0.29) is 6.04 Å². The second kappa shape index (κ2) is 5.21. The van der Waals surface area contributed by atoms with Gasteiger partial charge in [-0.25, -0.2) is 0 Å². The molecule has 1 heterocycles. The fraction of sp³-hybridized carbons (Fsp3) is 0.417. The van der Waals surface area contributed by atoms with E-state index in [1.54, 1.807) is 0 Å². The number of nitrogens with zero attached hydrogens (tertiary/aromatic N) is 1. The molecule has 1 aliphatic heterocycles. The van der Waals surface area contributed by atoms with Gasteiger partial charge in [-0.3, -0.25) is 10.2 Å². The van der Waals surface area contributed by atoms with Gasteiger partial charge in [0, 0.05) is 19.6 Å². The van der Waals surface area contributed by atoms with E-state index in [9.17, 15) is 9.90 Å². The number of aliphatic hydroxyl groups excluding tert-OH is 1. The highest BCUT2D eigenvalue weighted by atomic mass is 16.3. The minimum Gasteiger partial charge on any atom is -0.377 e. The van der Waals surface area contributed by atoms with Crippen LogP contribution in [0.5, 0.6) is 0 Å². The van der Waals surface area contributed by atoms with Gasteiger partial charge in [0.25, 0.3) is 0 Å². The molecule has 0 aromatic heterocycles. The van der Waals surface area contributed by atoms with Crippen LogP contribution in [-0.4, -0.2) is 42.2 Å². The Kier molecular flexibility index (Phi) is 3.66. The second-order valence-corrected chi connectivity index (χ2v) is 3.96. The zero-order valence-electron chi connectivity index (χ0n) is 9.04. The average Bonchev–Trinajstić information content (AvgIpc) is 2.31. The third-order valence-corrected chi connectivity index (χ3v) is 2.85. The molecular weight excluding hydrogens is 204 g/mol. The molecule has 1 fully saturated rings. The minimum atomic E-state index is -0.542. The van der Waals surface area contributed by atoms with Crippen LogP contribution in [0.25, 0.3) is 0 Å². The quantitative estimate of drug-likeness (QED) is 0.712. The SMILES string of the molecule is O=CC(c1ccccc1)N1CCNC(O)C1. The van der Waals surface area contributed by atoms with Gasteiger partial charge in [-0.1, -0.05) is 30.3 Å². The summed E-state index contributed by atoms with van der Waals surface area (Å²) in [5.74, 6) is 0. The van der Waals surface area contributed by atoms with Gasteiger partial charge in [-0.05, 0) is 5.56 Å². The van der Waals surface area contributed by atoms with Crippen LogP contribution in [0.1, 0.15) is 11.6 Å². The lowest BCUT2D eigenvalue weighted by Crippen LogP contribution is -2.51. The molecular formula is C12H16N2O2. The first-order valence-electron chi connectivity index (χ1n) is 5.47. The molecule has 0 amide bonds. The molecule has 86 valence electrons. The third kappa shape index (κ3) is 2.47. The summed E-state index contributed by atoms with van der Waals surface area (Å²) in [5.41, 5.74) is 0.978. The lowest BCUT2D eigenvalue weighted by Gasteiger charge is -2.34. The highest BCUT2D eigenvalue weighted by Gasteiger charge is 2.24. The summed E-state index contributed by atoms with van der Waals surface area (Å²) in [5, 5.41) is 12.4. The van der Waals surface area contributed by atoms with Crippen molar-refractivity contribution in [3.8, 4) is 0 Å². The Morgan fingerprint density at radius 3 is 2.81 bits per heavy atom. The second-order valence-electron chi connectivity index (χ2n) is 3.96. The molecule has 4 nitrogen and oxygen atoms in total. The van der Waals surface area contributed by atoms with Gasteiger partial charge in [0.15, 0.2) is 0 Å². The predicted molar refractivity (Wildman–Crippen MR) is 60.8 cm³/mol. The van der Waals surface area contributed by atoms with Crippen molar-refractivity contribution < 1.29 is 9.90 Å². The van der Waals surface area contributed by atoms with Gasteiger partial charge in [-0.2, -0.15) is 0 Å². The Bertz CT molecular complexity index is 342. The first kappa shape index (κ1) is 11.3. The van der Waals surface area contributed by atoms with Gasteiger partial charge in [0.1, 0.15) is 12.5 Å². The Morgan fingerprint density at radius 1 is 1.44 bits per heavy atom. The molecule has 1 saturated heterocycles. The largest absolute Gasteiger partial charge is 0.377 e. The van der Waals surface area contributed by atoms with Crippen molar-refractivity contribution >= 4 is 6.29 Å². The van der Waals surface area contributed by atoms with Crippen molar-refractivity contribution in [2.45, 2.75) is 12.3 Å². The molecule has 2 unspecified atom stereocenters. The number of β-amino-alcohol motifs (C(OH)–C–C–N with tert-alkyl or cyclic N) is 1. The van der Waals surface area contributed by atoms with E-state index in [0.29, 0.717) is 13.1 Å². The molecule has 2 atom stereocenters. The minimum absolute atomic E-state index is 0.252. The van der Waals surface area contributed by atoms with E-state index in [1.807, 2.05) is 35.2 Å². The molecule has 1 aromatic rings. The highest BCUT2D eigenvalue weighted by Crippen LogP contribution is 2.19. The number of nitrogens with one attached hydrogen (secondary N) is 1. The maximum Gasteiger partial charge on any atom is 0.141 e. The van der Waals surface area contributed by atoms with E-state index in [4.69, 9.17) is 0 Å². The van der Waals surface area contributed by atoms with Crippen molar-refractivity contribution in [1.82, 2.24) is 10.2 Å². The Morgan fingerprint density at radius 2 is 2.19 bits per heavy atom. The fourth-order valence-corrected chi connectivity index (χ4v) is 2.03. The average molecular weight is 220 g/mol. The van der Waals surface area contributed by atoms with Gasteiger partial charge in [0.05, 0.1) is 6.04 Å². The van der Waals surface area contributed by atoms with E-state index >= 15 is 0 Å². The molecule has 0 spiro atoms. The van der Waals surface area contributed by atoms with Gasteiger partial charge < -0.3 is 9.90 Å². The number of rotatable bonds is 3. The van der Waals surface area contributed by atoms with Crippen molar-refractivity contribution in [3.63, 3.8) is 0 Å². The monoisotopic (exact) mass is 220 g/mol. The smallest absolute Gasteiger partial charge is 0.141 e.